The molecule has 234 valence electrons. The minimum Gasteiger partial charge on any atom is -0.361 e. The molecule has 4 rings (SSSR count). The van der Waals surface area contributed by atoms with Crippen molar-refractivity contribution in [3.63, 3.8) is 0 Å². The molecule has 5 atom stereocenters. The highest BCUT2D eigenvalue weighted by molar-refractivity contribution is 5.98. The van der Waals surface area contributed by atoms with Gasteiger partial charge in [0.2, 0.25) is 23.6 Å². The number of rotatable bonds is 11. The maximum absolute atomic E-state index is 14.0. The van der Waals surface area contributed by atoms with Crippen molar-refractivity contribution in [1.29, 1.82) is 0 Å². The van der Waals surface area contributed by atoms with E-state index in [9.17, 15) is 24.0 Å². The average molecular weight is 594 g/mol. The molecule has 0 spiro atoms. The lowest BCUT2D eigenvalue weighted by Crippen LogP contribution is -2.64. The van der Waals surface area contributed by atoms with Gasteiger partial charge in [-0.2, -0.15) is 0 Å². The minimum atomic E-state index is -0.954. The zero-order chi connectivity index (χ0) is 30.9. The number of fused-ring (bicyclic) bond motifs is 2. The van der Waals surface area contributed by atoms with E-state index in [4.69, 9.17) is 0 Å². The third-order valence-corrected chi connectivity index (χ3v) is 9.07. The summed E-state index contributed by atoms with van der Waals surface area (Å²) in [5, 5.41) is 9.82. The van der Waals surface area contributed by atoms with Crippen molar-refractivity contribution in [3.8, 4) is 0 Å². The summed E-state index contributed by atoms with van der Waals surface area (Å²) in [5.74, 6) is -1.40. The number of aromatic amines is 1. The van der Waals surface area contributed by atoms with Crippen molar-refractivity contribution < 1.29 is 24.0 Å². The summed E-state index contributed by atoms with van der Waals surface area (Å²) in [6.07, 6.45) is 8.32. The van der Waals surface area contributed by atoms with Gasteiger partial charge in [0.1, 0.15) is 30.0 Å². The molecule has 10 heteroatoms. The van der Waals surface area contributed by atoms with E-state index in [1.165, 1.54) is 0 Å². The molecule has 0 radical (unpaired) electrons. The van der Waals surface area contributed by atoms with E-state index in [1.807, 2.05) is 51.2 Å². The Morgan fingerprint density at radius 1 is 0.930 bits per heavy atom. The lowest BCUT2D eigenvalue weighted by molar-refractivity contribution is -0.147. The third-order valence-electron chi connectivity index (χ3n) is 9.07. The lowest BCUT2D eigenvalue weighted by atomic mass is 9.94. The zero-order valence-electron chi connectivity index (χ0n) is 25.7. The Morgan fingerprint density at radius 3 is 2.47 bits per heavy atom. The number of nitrogens with zero attached hydrogens (tertiary/aromatic N) is 1. The molecular formula is C33H47N5O5. The first-order chi connectivity index (χ1) is 20.7. The molecule has 0 saturated carbocycles. The van der Waals surface area contributed by atoms with E-state index < -0.39 is 36.0 Å². The van der Waals surface area contributed by atoms with E-state index in [2.05, 4.69) is 20.9 Å². The number of carbonyl (C=O) groups excluding carboxylic acids is 5. The van der Waals surface area contributed by atoms with Crippen LogP contribution < -0.4 is 16.0 Å². The van der Waals surface area contributed by atoms with Crippen LogP contribution in [-0.2, 0) is 30.4 Å². The summed E-state index contributed by atoms with van der Waals surface area (Å²) in [7, 11) is 0. The summed E-state index contributed by atoms with van der Waals surface area (Å²) >= 11 is 0. The van der Waals surface area contributed by atoms with Crippen molar-refractivity contribution >= 4 is 40.3 Å². The number of nitrogens with one attached hydrogen (secondary N) is 4. The first-order valence-corrected chi connectivity index (χ1v) is 16.0. The first kappa shape index (κ1) is 32.2. The molecule has 4 N–H and O–H groups in total. The SMILES string of the molecule is CCC(=O)CCCCC[C@@H]1NC(=O)[C@H](Cc2c[nH]c3ccccc23)NC(=O)[C@H](C(C)CC)NC(=O)[C@@H]2CCCCN2C1=O. The van der Waals surface area contributed by atoms with Gasteiger partial charge in [0.25, 0.3) is 0 Å². The Hall–Kier alpha value is -3.69. The number of benzene rings is 1. The molecule has 2 aromatic rings. The van der Waals surface area contributed by atoms with Crippen LogP contribution in [0.5, 0.6) is 0 Å². The van der Waals surface area contributed by atoms with Crippen molar-refractivity contribution in [3.05, 3.63) is 36.0 Å². The number of piperidine rings is 1. The lowest BCUT2D eigenvalue weighted by Gasteiger charge is -2.39. The van der Waals surface area contributed by atoms with E-state index in [0.717, 1.165) is 42.1 Å². The van der Waals surface area contributed by atoms with Crippen molar-refractivity contribution in [2.24, 2.45) is 5.92 Å². The number of unbranched alkanes of at least 4 members (excludes halogenated alkanes) is 2. The summed E-state index contributed by atoms with van der Waals surface area (Å²) in [5.41, 5.74) is 1.79. The van der Waals surface area contributed by atoms with Gasteiger partial charge in [0, 0.05) is 42.9 Å². The average Bonchev–Trinajstić information content (AvgIpc) is 3.43. The number of H-pyrrole nitrogens is 1. The van der Waals surface area contributed by atoms with Crippen molar-refractivity contribution in [2.45, 2.75) is 116 Å². The smallest absolute Gasteiger partial charge is 0.245 e. The molecule has 2 aliphatic heterocycles. The third kappa shape index (κ3) is 8.03. The number of Topliss-reactive ketones (excluding diaryl/α,β-unsaturated/α-hetero) is 1. The van der Waals surface area contributed by atoms with Crippen LogP contribution in [0.1, 0.15) is 90.5 Å². The van der Waals surface area contributed by atoms with Crippen molar-refractivity contribution in [2.75, 3.05) is 6.54 Å². The number of hydrogen-bond donors (Lipinski definition) is 4. The molecule has 10 nitrogen and oxygen atoms in total. The van der Waals surface area contributed by atoms with Gasteiger partial charge in [-0.25, -0.2) is 0 Å². The monoisotopic (exact) mass is 593 g/mol. The van der Waals surface area contributed by atoms with E-state index >= 15 is 0 Å². The summed E-state index contributed by atoms with van der Waals surface area (Å²) in [6.45, 7) is 6.13. The van der Waals surface area contributed by atoms with E-state index in [1.54, 1.807) is 4.90 Å². The van der Waals surface area contributed by atoms with Crippen LogP contribution in [0.3, 0.4) is 0 Å². The Labute approximate surface area is 254 Å². The van der Waals surface area contributed by atoms with Gasteiger partial charge in [-0.1, -0.05) is 58.2 Å². The fourth-order valence-electron chi connectivity index (χ4n) is 6.16. The molecule has 43 heavy (non-hydrogen) atoms. The van der Waals surface area contributed by atoms with Crippen LogP contribution in [0.4, 0.5) is 0 Å². The summed E-state index contributed by atoms with van der Waals surface area (Å²) in [6, 6.07) is 4.44. The van der Waals surface area contributed by atoms with Gasteiger partial charge in [0.15, 0.2) is 0 Å². The molecule has 1 unspecified atom stereocenters. The molecule has 0 bridgehead atoms. The van der Waals surface area contributed by atoms with Crippen LogP contribution >= 0.6 is 0 Å². The van der Waals surface area contributed by atoms with Gasteiger partial charge >= 0.3 is 0 Å². The predicted octanol–water partition coefficient (Wildman–Crippen LogP) is 3.54. The molecule has 2 aliphatic rings. The largest absolute Gasteiger partial charge is 0.361 e. The Morgan fingerprint density at radius 2 is 1.70 bits per heavy atom. The van der Waals surface area contributed by atoms with Crippen LogP contribution in [0.25, 0.3) is 10.9 Å². The predicted molar refractivity (Wildman–Crippen MR) is 165 cm³/mol. The maximum Gasteiger partial charge on any atom is 0.245 e. The van der Waals surface area contributed by atoms with Gasteiger partial charge in [0.05, 0.1) is 0 Å². The molecule has 3 heterocycles. The fourth-order valence-corrected chi connectivity index (χ4v) is 6.16. The molecule has 1 aromatic heterocycles. The standard InChI is InChI=1S/C33H47N5O5/c1-4-21(3)29-32(42)36-27(19-22-20-34-25-15-10-9-14-24(22)25)30(40)35-26(16-8-6-7-13-23(39)5-2)33(43)38-18-12-11-17-28(38)31(41)37-29/h9-10,14-15,20-21,26-29,34H,4-8,11-13,16-19H2,1-3H3,(H,35,40)(H,36,42)(H,37,41)/t21?,26-,27-,28-,29-/m0/s1. The maximum atomic E-state index is 14.0. The fraction of sp³-hybridized carbons (Fsp3) is 0.606. The number of ketones is 1. The Bertz CT molecular complexity index is 1310. The van der Waals surface area contributed by atoms with Gasteiger partial charge in [-0.05, 0) is 49.7 Å². The van der Waals surface area contributed by atoms with Gasteiger partial charge in [-0.15, -0.1) is 0 Å². The number of carbonyl (C=O) groups is 5. The highest BCUT2D eigenvalue weighted by atomic mass is 16.2. The molecule has 4 amide bonds. The van der Waals surface area contributed by atoms with Crippen LogP contribution in [0.2, 0.25) is 0 Å². The molecule has 2 saturated heterocycles. The van der Waals surface area contributed by atoms with Crippen LogP contribution in [0, 0.1) is 5.92 Å². The highest BCUT2D eigenvalue weighted by Gasteiger charge is 2.40. The van der Waals surface area contributed by atoms with Gasteiger partial charge in [-0.3, -0.25) is 24.0 Å². The second kappa shape index (κ2) is 15.2. The topological polar surface area (TPSA) is 140 Å². The quantitative estimate of drug-likeness (QED) is 0.295. The highest BCUT2D eigenvalue weighted by Crippen LogP contribution is 2.23. The molecule has 0 aliphatic carbocycles. The molecular weight excluding hydrogens is 546 g/mol. The normalized spacial score (nSPS) is 24.3. The summed E-state index contributed by atoms with van der Waals surface area (Å²) in [4.78, 5) is 71.9. The number of hydrogen-bond acceptors (Lipinski definition) is 5. The Balaban J connectivity index is 1.64. The number of amides is 4. The first-order valence-electron chi connectivity index (χ1n) is 16.0. The Kier molecular flexibility index (Phi) is 11.4. The van der Waals surface area contributed by atoms with E-state index in [-0.39, 0.29) is 29.9 Å². The minimum absolute atomic E-state index is 0.177. The zero-order valence-corrected chi connectivity index (χ0v) is 25.7. The second-order valence-electron chi connectivity index (χ2n) is 12.1. The number of para-hydroxylation sites is 1. The van der Waals surface area contributed by atoms with E-state index in [0.29, 0.717) is 45.1 Å². The second-order valence-corrected chi connectivity index (χ2v) is 12.1. The summed E-state index contributed by atoms with van der Waals surface area (Å²) < 4.78 is 0. The van der Waals surface area contributed by atoms with Gasteiger partial charge < -0.3 is 25.8 Å². The molecule has 2 fully saturated rings. The van der Waals surface area contributed by atoms with Crippen LogP contribution in [0.15, 0.2) is 30.5 Å². The van der Waals surface area contributed by atoms with Crippen molar-refractivity contribution in [1.82, 2.24) is 25.8 Å². The van der Waals surface area contributed by atoms with Crippen LogP contribution in [-0.4, -0.2) is 70.0 Å². The number of aromatic nitrogens is 1. The molecule has 1 aromatic carbocycles.